The van der Waals surface area contributed by atoms with Gasteiger partial charge in [0.05, 0.1) is 15.2 Å². The molecular weight excluding hydrogens is 341 g/mol. The summed E-state index contributed by atoms with van der Waals surface area (Å²) < 4.78 is 43.9. The van der Waals surface area contributed by atoms with Gasteiger partial charge in [0.2, 0.25) is 0 Å². The van der Waals surface area contributed by atoms with E-state index < -0.39 is 21.7 Å². The summed E-state index contributed by atoms with van der Waals surface area (Å²) in [5.74, 6) is -1.62. The van der Waals surface area contributed by atoms with Gasteiger partial charge in [-0.05, 0) is 36.7 Å². The average Bonchev–Trinajstić information content (AvgIpc) is 2.94. The fraction of sp³-hybridized carbons (Fsp3) is 0.0714. The Kier molecular flexibility index (Phi) is 3.82. The van der Waals surface area contributed by atoms with Crippen molar-refractivity contribution in [3.8, 4) is 0 Å². The minimum Gasteiger partial charge on any atom is -0.268 e. The molecule has 1 aromatic heterocycles. The first-order valence-corrected chi connectivity index (χ1v) is 8.68. The van der Waals surface area contributed by atoms with Gasteiger partial charge in [-0.25, -0.2) is 17.5 Å². The summed E-state index contributed by atoms with van der Waals surface area (Å²) >= 11 is 0.891. The Bertz CT molecular complexity index is 998. The highest BCUT2D eigenvalue weighted by Gasteiger charge is 2.22. The van der Waals surface area contributed by atoms with E-state index in [-0.39, 0.29) is 16.0 Å². The van der Waals surface area contributed by atoms with E-state index in [0.717, 1.165) is 29.2 Å². The molecule has 0 fully saturated rings. The van der Waals surface area contributed by atoms with Crippen LogP contribution in [0.4, 0.5) is 4.39 Å². The number of aromatic nitrogens is 2. The van der Waals surface area contributed by atoms with Crippen molar-refractivity contribution in [3.05, 3.63) is 53.3 Å². The number of sulfonamides is 1. The second-order valence-corrected chi connectivity index (χ2v) is 7.26. The smallest absolute Gasteiger partial charge is 0.266 e. The van der Waals surface area contributed by atoms with Crippen molar-refractivity contribution in [2.45, 2.75) is 11.8 Å². The van der Waals surface area contributed by atoms with Crippen LogP contribution in [0.1, 0.15) is 15.9 Å². The number of aryl methyl sites for hydroxylation is 1. The number of benzene rings is 2. The molecule has 23 heavy (non-hydrogen) atoms. The van der Waals surface area contributed by atoms with Crippen molar-refractivity contribution < 1.29 is 17.6 Å². The molecule has 0 saturated carbocycles. The molecule has 1 amide bonds. The molecule has 0 spiro atoms. The van der Waals surface area contributed by atoms with Gasteiger partial charge in [-0.2, -0.15) is 0 Å². The van der Waals surface area contributed by atoms with Crippen molar-refractivity contribution in [2.24, 2.45) is 0 Å². The maximum absolute atomic E-state index is 13.5. The van der Waals surface area contributed by atoms with E-state index in [1.165, 1.54) is 12.1 Å². The fourth-order valence-corrected chi connectivity index (χ4v) is 3.60. The zero-order valence-corrected chi connectivity index (χ0v) is 13.4. The molecule has 0 aliphatic heterocycles. The van der Waals surface area contributed by atoms with Gasteiger partial charge in [0.15, 0.2) is 0 Å². The monoisotopic (exact) mass is 351 g/mol. The van der Waals surface area contributed by atoms with Crippen LogP contribution < -0.4 is 4.72 Å². The molecule has 3 rings (SSSR count). The largest absolute Gasteiger partial charge is 0.268 e. The Hall–Kier alpha value is -2.39. The molecule has 6 nitrogen and oxygen atoms in total. The van der Waals surface area contributed by atoms with Gasteiger partial charge in [0.25, 0.3) is 15.9 Å². The SMILES string of the molecule is Cc1ccc(S(=O)(=O)NC(=O)c2cc(F)cc3nnsc23)cc1. The lowest BCUT2D eigenvalue weighted by molar-refractivity contribution is 0.0982. The average molecular weight is 351 g/mol. The first kappa shape index (κ1) is 15.5. The lowest BCUT2D eigenvalue weighted by atomic mass is 10.2. The number of halogens is 1. The second-order valence-electron chi connectivity index (χ2n) is 4.82. The Labute approximate surface area is 135 Å². The van der Waals surface area contributed by atoms with Gasteiger partial charge in [-0.3, -0.25) is 4.79 Å². The molecule has 0 unspecified atom stereocenters. The van der Waals surface area contributed by atoms with E-state index in [2.05, 4.69) is 9.59 Å². The molecule has 9 heteroatoms. The predicted octanol–water partition coefficient (Wildman–Crippen LogP) is 2.26. The third kappa shape index (κ3) is 3.06. The summed E-state index contributed by atoms with van der Waals surface area (Å²) in [5.41, 5.74) is 0.969. The van der Waals surface area contributed by atoms with Crippen molar-refractivity contribution >= 4 is 37.7 Å². The number of amides is 1. The van der Waals surface area contributed by atoms with Crippen LogP contribution in [-0.2, 0) is 10.0 Å². The molecule has 0 bridgehead atoms. The summed E-state index contributed by atoms with van der Waals surface area (Å²) in [7, 11) is -4.05. The number of carbonyl (C=O) groups is 1. The third-order valence-corrected chi connectivity index (χ3v) is 5.24. The topological polar surface area (TPSA) is 89.0 Å². The Morgan fingerprint density at radius 1 is 1.22 bits per heavy atom. The van der Waals surface area contributed by atoms with Gasteiger partial charge < -0.3 is 0 Å². The van der Waals surface area contributed by atoms with Crippen molar-refractivity contribution in [1.82, 2.24) is 14.3 Å². The van der Waals surface area contributed by atoms with Gasteiger partial charge in [-0.1, -0.05) is 22.2 Å². The summed E-state index contributed by atoms with van der Waals surface area (Å²) in [6, 6.07) is 8.10. The minimum absolute atomic E-state index is 0.0495. The number of hydrogen-bond acceptors (Lipinski definition) is 6. The van der Waals surface area contributed by atoms with Crippen molar-refractivity contribution in [2.75, 3.05) is 0 Å². The zero-order chi connectivity index (χ0) is 16.6. The van der Waals surface area contributed by atoms with Crippen LogP contribution in [-0.4, -0.2) is 23.9 Å². The van der Waals surface area contributed by atoms with Crippen LogP contribution in [0.2, 0.25) is 0 Å². The Balaban J connectivity index is 1.97. The molecule has 3 aromatic rings. The van der Waals surface area contributed by atoms with Crippen LogP contribution in [0, 0.1) is 12.7 Å². The van der Waals surface area contributed by atoms with Crippen LogP contribution in [0.15, 0.2) is 41.3 Å². The maximum atomic E-state index is 13.5. The second kappa shape index (κ2) is 5.67. The molecule has 118 valence electrons. The highest BCUT2D eigenvalue weighted by Crippen LogP contribution is 2.22. The molecule has 0 radical (unpaired) electrons. The summed E-state index contributed by atoms with van der Waals surface area (Å²) in [4.78, 5) is 12.2. The molecule has 0 saturated heterocycles. The molecule has 0 aliphatic rings. The lowest BCUT2D eigenvalue weighted by Gasteiger charge is -2.07. The molecule has 2 aromatic carbocycles. The number of nitrogens with one attached hydrogen (secondary N) is 1. The summed E-state index contributed by atoms with van der Waals surface area (Å²) in [6.45, 7) is 1.81. The molecule has 1 N–H and O–H groups in total. The van der Waals surface area contributed by atoms with E-state index in [9.17, 15) is 17.6 Å². The molecule has 0 atom stereocenters. The summed E-state index contributed by atoms with van der Waals surface area (Å²) in [6.07, 6.45) is 0. The number of hydrogen-bond donors (Lipinski definition) is 1. The first-order valence-electron chi connectivity index (χ1n) is 6.42. The van der Waals surface area contributed by atoms with Gasteiger partial charge in [-0.15, -0.1) is 5.10 Å². The Morgan fingerprint density at radius 3 is 2.61 bits per heavy atom. The predicted molar refractivity (Wildman–Crippen MR) is 83.2 cm³/mol. The Morgan fingerprint density at radius 2 is 1.91 bits per heavy atom. The fourth-order valence-electron chi connectivity index (χ4n) is 1.98. The van der Waals surface area contributed by atoms with Crippen LogP contribution in [0.5, 0.6) is 0 Å². The van der Waals surface area contributed by atoms with E-state index >= 15 is 0 Å². The molecule has 1 heterocycles. The quantitative estimate of drug-likeness (QED) is 0.782. The number of carbonyl (C=O) groups excluding carboxylic acids is 1. The van der Waals surface area contributed by atoms with Crippen molar-refractivity contribution in [3.63, 3.8) is 0 Å². The van der Waals surface area contributed by atoms with Gasteiger partial charge in [0.1, 0.15) is 11.3 Å². The van der Waals surface area contributed by atoms with Gasteiger partial charge >= 0.3 is 0 Å². The van der Waals surface area contributed by atoms with E-state index in [4.69, 9.17) is 0 Å². The van der Waals surface area contributed by atoms with Crippen LogP contribution in [0.3, 0.4) is 0 Å². The van der Waals surface area contributed by atoms with Gasteiger partial charge in [0, 0.05) is 6.07 Å². The number of rotatable bonds is 3. The van der Waals surface area contributed by atoms with Crippen molar-refractivity contribution in [1.29, 1.82) is 0 Å². The standard InChI is InChI=1S/C14H10FN3O3S2/c1-8-2-4-10(5-3-8)23(20,21)17-14(19)11-6-9(15)7-12-13(11)22-18-16-12/h2-7H,1H3,(H,17,19). The number of fused-ring (bicyclic) bond motifs is 1. The van der Waals surface area contributed by atoms with Crippen LogP contribution in [0.25, 0.3) is 10.2 Å². The highest BCUT2D eigenvalue weighted by atomic mass is 32.2. The summed E-state index contributed by atoms with van der Waals surface area (Å²) in [5, 5.41) is 3.69. The van der Waals surface area contributed by atoms with E-state index in [0.29, 0.717) is 4.70 Å². The zero-order valence-electron chi connectivity index (χ0n) is 11.8. The highest BCUT2D eigenvalue weighted by molar-refractivity contribution is 7.90. The third-order valence-electron chi connectivity index (χ3n) is 3.12. The first-order chi connectivity index (χ1) is 10.9. The maximum Gasteiger partial charge on any atom is 0.266 e. The molecule has 0 aliphatic carbocycles. The number of nitrogens with zero attached hydrogens (tertiary/aromatic N) is 2. The normalized spacial score (nSPS) is 11.6. The lowest BCUT2D eigenvalue weighted by Crippen LogP contribution is -2.30. The van der Waals surface area contributed by atoms with E-state index in [1.807, 2.05) is 11.6 Å². The van der Waals surface area contributed by atoms with Crippen LogP contribution >= 0.6 is 11.5 Å². The minimum atomic E-state index is -4.05. The molecular formula is C14H10FN3O3S2. The van der Waals surface area contributed by atoms with E-state index in [1.54, 1.807) is 12.1 Å².